The lowest BCUT2D eigenvalue weighted by molar-refractivity contribution is -0.0552. The molecular weight excluding hydrogens is 638 g/mol. The average Bonchev–Trinajstić information content (AvgIpc) is 3.75. The van der Waals surface area contributed by atoms with Crippen molar-refractivity contribution in [1.82, 2.24) is 39.0 Å². The van der Waals surface area contributed by atoms with Gasteiger partial charge in [-0.3, -0.25) is 18.9 Å². The van der Waals surface area contributed by atoms with Crippen molar-refractivity contribution in [3.63, 3.8) is 0 Å². The van der Waals surface area contributed by atoms with E-state index < -0.39 is 70.1 Å². The number of rotatable bonds is 3. The number of nitrogens with two attached hydrogens (primary N) is 2. The zero-order chi connectivity index (χ0) is 31.6. The first kappa shape index (κ1) is 30.2. The van der Waals surface area contributed by atoms with E-state index in [1.54, 1.807) is 4.57 Å². The van der Waals surface area contributed by atoms with E-state index in [1.807, 2.05) is 0 Å². The molecule has 2 aliphatic heterocycles. The van der Waals surface area contributed by atoms with Crippen molar-refractivity contribution in [2.24, 2.45) is 5.92 Å². The van der Waals surface area contributed by atoms with E-state index in [2.05, 4.69) is 29.9 Å². The average molecular weight is 667 g/mol. The molecule has 0 spiro atoms. The molecule has 0 amide bonds. The first-order valence-corrected chi connectivity index (χ1v) is 16.8. The van der Waals surface area contributed by atoms with Crippen molar-refractivity contribution in [2.75, 3.05) is 38.5 Å². The summed E-state index contributed by atoms with van der Waals surface area (Å²) in [4.78, 5) is 35.5. The van der Waals surface area contributed by atoms with E-state index in [4.69, 9.17) is 39.0 Å². The summed E-state index contributed by atoms with van der Waals surface area (Å²) in [5.41, 5.74) is 11.9. The highest BCUT2D eigenvalue weighted by atomic mass is 31.2. The molecule has 240 valence electrons. The summed E-state index contributed by atoms with van der Waals surface area (Å²) in [5.74, 6) is -0.589. The number of nitrogens with one attached hydrogen (secondary N) is 1. The Kier molecular flexibility index (Phi) is 7.66. The van der Waals surface area contributed by atoms with E-state index in [9.17, 15) is 19.0 Å². The molecule has 4 aromatic rings. The first-order chi connectivity index (χ1) is 21.5. The standard InChI is InChI=1S/C23H28N10O10P2/c1-38-16-11-5-40-45(2,37)43-15-9(3-10(14(15)34)32-7-28-12-18(24)26-6-27-19(12)32)4-39-44(36)42-17(16)22(41-11)33-8-29-13-20(33)30-23(25)31-21(13)35/h6-11,14-17,22,34H,3-5H2,1-2H3,(H4-,24,25,26,27,30,31,35)/p+1. The van der Waals surface area contributed by atoms with Gasteiger partial charge >= 0.3 is 15.9 Å². The van der Waals surface area contributed by atoms with Gasteiger partial charge in [0, 0.05) is 24.3 Å². The molecule has 0 radical (unpaired) electrons. The third-order valence-electron chi connectivity index (χ3n) is 8.15. The van der Waals surface area contributed by atoms with Gasteiger partial charge in [-0.05, 0) is 6.42 Å². The number of ether oxygens (including phenoxy) is 2. The number of aromatic amines is 1. The quantitative estimate of drug-likeness (QED) is 0.213. The third-order valence-corrected chi connectivity index (χ3v) is 10.2. The summed E-state index contributed by atoms with van der Waals surface area (Å²) < 4.78 is 65.1. The van der Waals surface area contributed by atoms with Crippen LogP contribution in [-0.2, 0) is 36.7 Å². The number of methoxy groups -OCH3 is 1. The van der Waals surface area contributed by atoms with E-state index in [0.717, 1.165) is 0 Å². The molecule has 22 heteroatoms. The van der Waals surface area contributed by atoms with Crippen LogP contribution in [0, 0.1) is 5.92 Å². The van der Waals surface area contributed by atoms with Crippen molar-refractivity contribution in [3.05, 3.63) is 29.3 Å². The number of anilines is 2. The lowest BCUT2D eigenvalue weighted by Gasteiger charge is -2.27. The Morgan fingerprint density at radius 1 is 1.11 bits per heavy atom. The van der Waals surface area contributed by atoms with Gasteiger partial charge in [0.15, 0.2) is 35.0 Å². The fourth-order valence-corrected chi connectivity index (χ4v) is 8.14. The Morgan fingerprint density at radius 3 is 2.69 bits per heavy atom. The van der Waals surface area contributed by atoms with Crippen LogP contribution in [0.4, 0.5) is 11.8 Å². The van der Waals surface area contributed by atoms with Crippen molar-refractivity contribution in [3.8, 4) is 0 Å². The molecular formula is C23H29N10O10P2+. The second-order valence-electron chi connectivity index (χ2n) is 10.9. The van der Waals surface area contributed by atoms with Gasteiger partial charge in [0.05, 0.1) is 25.3 Å². The summed E-state index contributed by atoms with van der Waals surface area (Å²) in [6.45, 7) is 0.760. The fourth-order valence-electron chi connectivity index (χ4n) is 6.12. The molecule has 3 fully saturated rings. The van der Waals surface area contributed by atoms with Crippen molar-refractivity contribution < 1.29 is 41.8 Å². The van der Waals surface area contributed by atoms with Crippen LogP contribution in [0.25, 0.3) is 22.3 Å². The van der Waals surface area contributed by atoms with Crippen LogP contribution >= 0.6 is 15.9 Å². The molecule has 10 unspecified atom stereocenters. The molecule has 10 atom stereocenters. The van der Waals surface area contributed by atoms with Crippen molar-refractivity contribution in [1.29, 1.82) is 0 Å². The van der Waals surface area contributed by atoms with Gasteiger partial charge < -0.3 is 39.7 Å². The highest BCUT2D eigenvalue weighted by Gasteiger charge is 2.54. The minimum Gasteiger partial charge on any atom is -0.388 e. The predicted molar refractivity (Wildman–Crippen MR) is 153 cm³/mol. The Labute approximate surface area is 253 Å². The van der Waals surface area contributed by atoms with E-state index >= 15 is 0 Å². The van der Waals surface area contributed by atoms with Gasteiger partial charge in [-0.2, -0.15) is 4.98 Å². The normalized spacial score (nSPS) is 35.2. The number of H-pyrrole nitrogens is 1. The van der Waals surface area contributed by atoms with Gasteiger partial charge in [-0.15, -0.1) is 9.05 Å². The Morgan fingerprint density at radius 2 is 1.89 bits per heavy atom. The second kappa shape index (κ2) is 11.4. The lowest BCUT2D eigenvalue weighted by Crippen LogP contribution is -2.36. The number of aliphatic hydroxyl groups excluding tert-OH is 1. The van der Waals surface area contributed by atoms with Crippen LogP contribution in [0.1, 0.15) is 18.7 Å². The second-order valence-corrected chi connectivity index (χ2v) is 13.8. The molecule has 7 rings (SSSR count). The first-order valence-electron chi connectivity index (χ1n) is 13.7. The van der Waals surface area contributed by atoms with Gasteiger partial charge in [0.25, 0.3) is 5.56 Å². The highest BCUT2D eigenvalue weighted by Crippen LogP contribution is 2.53. The maximum atomic E-state index is 13.7. The smallest absolute Gasteiger partial charge is 0.388 e. The maximum Gasteiger partial charge on any atom is 0.697 e. The molecule has 3 aliphatic rings. The van der Waals surface area contributed by atoms with Crippen LogP contribution in [0.5, 0.6) is 0 Å². The highest BCUT2D eigenvalue weighted by molar-refractivity contribution is 7.53. The third kappa shape index (κ3) is 5.31. The molecule has 4 aromatic heterocycles. The minimum atomic E-state index is -3.86. The minimum absolute atomic E-state index is 0.0121. The Bertz CT molecular complexity index is 1880. The molecule has 1 saturated carbocycles. The molecule has 6 N–H and O–H groups in total. The topological polar surface area (TPSA) is 269 Å². The summed E-state index contributed by atoms with van der Waals surface area (Å²) >= 11 is 0. The monoisotopic (exact) mass is 667 g/mol. The van der Waals surface area contributed by atoms with E-state index in [0.29, 0.717) is 11.2 Å². The van der Waals surface area contributed by atoms with E-state index in [1.165, 1.54) is 37.3 Å². The fraction of sp³-hybridized carbons (Fsp3) is 0.565. The SMILES string of the molecule is COC1C2COP(C)(=O)OC3C(CO[P+](=O)OC1C(n1cnc4c(=O)[nH]c(N)nc41)O2)CC(n1cnc2c(N)ncnc21)C3O. The van der Waals surface area contributed by atoms with Gasteiger partial charge in [0.2, 0.25) is 5.95 Å². The summed E-state index contributed by atoms with van der Waals surface area (Å²) in [6, 6.07) is -0.644. The Hall–Kier alpha value is -3.45. The van der Waals surface area contributed by atoms with Crippen molar-refractivity contribution in [2.45, 2.75) is 49.2 Å². The van der Waals surface area contributed by atoms with Crippen molar-refractivity contribution >= 4 is 49.9 Å². The van der Waals surface area contributed by atoms with Crippen LogP contribution in [-0.4, -0.2) is 102 Å². The maximum absolute atomic E-state index is 13.7. The number of imidazole rings is 2. The van der Waals surface area contributed by atoms with Crippen LogP contribution in [0.3, 0.4) is 0 Å². The van der Waals surface area contributed by atoms with Gasteiger partial charge in [-0.1, -0.05) is 0 Å². The number of nitrogens with zero attached hydrogens (tertiary/aromatic N) is 7. The number of hydrogen-bond acceptors (Lipinski definition) is 17. The zero-order valence-electron chi connectivity index (χ0n) is 23.8. The number of aromatic nitrogens is 8. The number of nitrogen functional groups attached to an aromatic ring is 2. The summed E-state index contributed by atoms with van der Waals surface area (Å²) in [7, 11) is -5.29. The molecule has 1 aliphatic carbocycles. The van der Waals surface area contributed by atoms with E-state index in [-0.39, 0.29) is 42.6 Å². The molecule has 6 heterocycles. The molecule has 0 aromatic carbocycles. The molecule has 45 heavy (non-hydrogen) atoms. The molecule has 20 nitrogen and oxygen atoms in total. The van der Waals surface area contributed by atoms with Gasteiger partial charge in [0.1, 0.15) is 42.9 Å². The zero-order valence-corrected chi connectivity index (χ0v) is 25.6. The largest absolute Gasteiger partial charge is 0.697 e. The molecule has 2 bridgehead atoms. The number of hydrogen-bond donors (Lipinski definition) is 4. The summed E-state index contributed by atoms with van der Waals surface area (Å²) in [5, 5.41) is 11.4. The lowest BCUT2D eigenvalue weighted by atomic mass is 10.1. The van der Waals surface area contributed by atoms with Crippen LogP contribution in [0.2, 0.25) is 0 Å². The number of aliphatic hydroxyl groups is 1. The van der Waals surface area contributed by atoms with Gasteiger partial charge in [-0.25, -0.2) is 19.9 Å². The predicted octanol–water partition coefficient (Wildman–Crippen LogP) is 0.256. The number of fused-ring (bicyclic) bond motifs is 5. The summed E-state index contributed by atoms with van der Waals surface area (Å²) in [6.07, 6.45) is -1.98. The Balaban J connectivity index is 1.20. The van der Waals surface area contributed by atoms with Crippen LogP contribution in [0.15, 0.2) is 23.8 Å². The van der Waals surface area contributed by atoms with Crippen LogP contribution < -0.4 is 17.0 Å². The molecule has 2 saturated heterocycles.